The highest BCUT2D eigenvalue weighted by Gasteiger charge is 2.48. The fourth-order valence-electron chi connectivity index (χ4n) is 1.76. The quantitative estimate of drug-likeness (QED) is 0.731. The molecule has 6 nitrogen and oxygen atoms in total. The zero-order valence-electron chi connectivity index (χ0n) is 11.0. The Morgan fingerprint density at radius 1 is 1.53 bits per heavy atom. The second-order valence-electron chi connectivity index (χ2n) is 4.58. The molecular formula is C11H19N3O3. The topological polar surface area (TPSA) is 62.2 Å². The van der Waals surface area contributed by atoms with Gasteiger partial charge in [0.1, 0.15) is 5.41 Å². The van der Waals surface area contributed by atoms with Crippen molar-refractivity contribution >= 4 is 17.9 Å². The van der Waals surface area contributed by atoms with Crippen molar-refractivity contribution in [2.45, 2.75) is 26.7 Å². The molecule has 17 heavy (non-hydrogen) atoms. The molecule has 0 saturated carbocycles. The zero-order valence-corrected chi connectivity index (χ0v) is 11.0. The van der Waals surface area contributed by atoms with E-state index in [1.807, 2.05) is 6.92 Å². The molecule has 1 aliphatic rings. The summed E-state index contributed by atoms with van der Waals surface area (Å²) in [5, 5.41) is 5.22. The lowest BCUT2D eigenvalue weighted by Gasteiger charge is -2.22. The summed E-state index contributed by atoms with van der Waals surface area (Å²) >= 11 is 0. The third-order valence-corrected chi connectivity index (χ3v) is 2.78. The Labute approximate surface area is 101 Å². The molecule has 0 aromatic carbocycles. The van der Waals surface area contributed by atoms with Gasteiger partial charge >= 0.3 is 6.09 Å². The van der Waals surface area contributed by atoms with Crippen molar-refractivity contribution in [3.05, 3.63) is 0 Å². The maximum atomic E-state index is 12.0. The summed E-state index contributed by atoms with van der Waals surface area (Å²) < 4.78 is 5.16. The normalized spacial score (nSPS) is 23.7. The summed E-state index contributed by atoms with van der Waals surface area (Å²) in [6, 6.07) is 0. The molecule has 1 atom stereocenters. The van der Waals surface area contributed by atoms with Crippen LogP contribution in [0.4, 0.5) is 4.79 Å². The summed E-state index contributed by atoms with van der Waals surface area (Å²) in [4.78, 5) is 24.8. The highest BCUT2D eigenvalue weighted by atomic mass is 16.6. The summed E-state index contributed by atoms with van der Waals surface area (Å²) in [6.45, 7) is 3.73. The Bertz CT molecular complexity index is 365. The molecule has 0 aromatic heterocycles. The molecule has 0 spiro atoms. The smallest absolute Gasteiger partial charge is 0.392 e. The summed E-state index contributed by atoms with van der Waals surface area (Å²) in [7, 11) is 4.73. The fraction of sp³-hybridized carbons (Fsp3) is 0.727. The van der Waals surface area contributed by atoms with Crippen molar-refractivity contribution in [2.24, 2.45) is 10.5 Å². The largest absolute Gasteiger partial charge is 0.415 e. The van der Waals surface area contributed by atoms with E-state index in [0.717, 1.165) is 6.42 Å². The number of hydrogen-bond donors (Lipinski definition) is 0. The van der Waals surface area contributed by atoms with Crippen LogP contribution in [0.25, 0.3) is 0 Å². The van der Waals surface area contributed by atoms with E-state index in [2.05, 4.69) is 5.10 Å². The van der Waals surface area contributed by atoms with E-state index >= 15 is 0 Å². The Hall–Kier alpha value is -1.59. The molecule has 0 aliphatic carbocycles. The van der Waals surface area contributed by atoms with E-state index < -0.39 is 11.5 Å². The van der Waals surface area contributed by atoms with Crippen LogP contribution in [0, 0.1) is 5.41 Å². The monoisotopic (exact) mass is 241 g/mol. The van der Waals surface area contributed by atoms with Crippen LogP contribution < -0.4 is 0 Å². The third-order valence-electron chi connectivity index (χ3n) is 2.78. The van der Waals surface area contributed by atoms with Gasteiger partial charge in [-0.2, -0.15) is 0 Å². The molecule has 0 radical (unpaired) electrons. The first-order valence-corrected chi connectivity index (χ1v) is 5.59. The second-order valence-corrected chi connectivity index (χ2v) is 4.58. The Morgan fingerprint density at radius 2 is 2.12 bits per heavy atom. The van der Waals surface area contributed by atoms with Crippen molar-refractivity contribution in [3.8, 4) is 0 Å². The number of nitrogens with zero attached hydrogens (tertiary/aromatic N) is 3. The Kier molecular flexibility index (Phi) is 3.75. The van der Waals surface area contributed by atoms with Gasteiger partial charge in [0.25, 0.3) is 5.91 Å². The molecule has 96 valence electrons. The van der Waals surface area contributed by atoms with Crippen LogP contribution in [0.15, 0.2) is 5.10 Å². The number of carbonyl (C=O) groups excluding carboxylic acids is 2. The average molecular weight is 241 g/mol. The number of rotatable bonds is 2. The van der Waals surface area contributed by atoms with E-state index in [9.17, 15) is 9.59 Å². The zero-order chi connectivity index (χ0) is 13.2. The molecule has 1 rings (SSSR count). The van der Waals surface area contributed by atoms with Gasteiger partial charge in [-0.15, -0.1) is 5.10 Å². The molecule has 1 heterocycles. The lowest BCUT2D eigenvalue weighted by Crippen LogP contribution is -2.39. The number of hydrazone groups is 1. The SMILES string of the molecule is CCCC1(C)C(=O)N(C)N=C1OC(=O)N(C)C. The van der Waals surface area contributed by atoms with E-state index in [4.69, 9.17) is 4.74 Å². The van der Waals surface area contributed by atoms with Crippen LogP contribution >= 0.6 is 0 Å². The van der Waals surface area contributed by atoms with Crippen molar-refractivity contribution in [3.63, 3.8) is 0 Å². The minimum absolute atomic E-state index is 0.138. The predicted molar refractivity (Wildman–Crippen MR) is 63.4 cm³/mol. The van der Waals surface area contributed by atoms with Crippen molar-refractivity contribution in [2.75, 3.05) is 21.1 Å². The minimum Gasteiger partial charge on any atom is -0.392 e. The van der Waals surface area contributed by atoms with Gasteiger partial charge in [-0.25, -0.2) is 9.80 Å². The summed E-state index contributed by atoms with van der Waals surface area (Å²) in [5.74, 6) is 0.0476. The molecule has 0 saturated heterocycles. The Morgan fingerprint density at radius 3 is 2.59 bits per heavy atom. The van der Waals surface area contributed by atoms with Crippen LogP contribution in [0.1, 0.15) is 26.7 Å². The number of carbonyl (C=O) groups is 2. The van der Waals surface area contributed by atoms with Gasteiger partial charge in [-0.1, -0.05) is 13.3 Å². The maximum Gasteiger partial charge on any atom is 0.415 e. The molecular weight excluding hydrogens is 222 g/mol. The van der Waals surface area contributed by atoms with Gasteiger partial charge in [-0.3, -0.25) is 4.79 Å². The fourth-order valence-corrected chi connectivity index (χ4v) is 1.76. The number of amides is 2. The lowest BCUT2D eigenvalue weighted by molar-refractivity contribution is -0.134. The predicted octanol–water partition coefficient (Wildman–Crippen LogP) is 1.28. The maximum absolute atomic E-state index is 12.0. The van der Waals surface area contributed by atoms with E-state index in [1.54, 1.807) is 28.1 Å². The second kappa shape index (κ2) is 4.73. The van der Waals surface area contributed by atoms with Crippen LogP contribution in [-0.2, 0) is 9.53 Å². The molecule has 6 heteroatoms. The Balaban J connectivity index is 2.92. The molecule has 1 aliphatic heterocycles. The number of hydrogen-bond acceptors (Lipinski definition) is 4. The number of ether oxygens (including phenoxy) is 1. The van der Waals surface area contributed by atoms with Gasteiger partial charge in [0.2, 0.25) is 5.90 Å². The average Bonchev–Trinajstić information content (AvgIpc) is 2.44. The van der Waals surface area contributed by atoms with Crippen molar-refractivity contribution in [1.29, 1.82) is 0 Å². The van der Waals surface area contributed by atoms with E-state index in [1.165, 1.54) is 9.91 Å². The molecule has 0 fully saturated rings. The van der Waals surface area contributed by atoms with E-state index in [-0.39, 0.29) is 11.8 Å². The van der Waals surface area contributed by atoms with E-state index in [0.29, 0.717) is 6.42 Å². The van der Waals surface area contributed by atoms with Crippen LogP contribution in [0.2, 0.25) is 0 Å². The van der Waals surface area contributed by atoms with Gasteiger partial charge in [0, 0.05) is 21.1 Å². The molecule has 1 unspecified atom stereocenters. The van der Waals surface area contributed by atoms with Gasteiger partial charge < -0.3 is 9.64 Å². The molecule has 0 aromatic rings. The van der Waals surface area contributed by atoms with Gasteiger partial charge in [0.05, 0.1) is 0 Å². The molecule has 0 bridgehead atoms. The highest BCUT2D eigenvalue weighted by molar-refractivity contribution is 6.10. The van der Waals surface area contributed by atoms with Crippen molar-refractivity contribution in [1.82, 2.24) is 9.91 Å². The summed E-state index contributed by atoms with van der Waals surface area (Å²) in [6.07, 6.45) is 0.902. The highest BCUT2D eigenvalue weighted by Crippen LogP contribution is 2.33. The first-order valence-electron chi connectivity index (χ1n) is 5.59. The van der Waals surface area contributed by atoms with Crippen LogP contribution in [-0.4, -0.2) is 49.0 Å². The van der Waals surface area contributed by atoms with Crippen LogP contribution in [0.5, 0.6) is 0 Å². The summed E-state index contributed by atoms with van der Waals surface area (Å²) in [5.41, 5.74) is -0.824. The first kappa shape index (κ1) is 13.5. The molecule has 0 N–H and O–H groups in total. The van der Waals surface area contributed by atoms with Gasteiger partial charge in [0.15, 0.2) is 0 Å². The van der Waals surface area contributed by atoms with Crippen molar-refractivity contribution < 1.29 is 14.3 Å². The van der Waals surface area contributed by atoms with Gasteiger partial charge in [-0.05, 0) is 13.3 Å². The standard InChI is InChI=1S/C11H19N3O3/c1-6-7-11(2)8(12-14(5)9(11)15)17-10(16)13(3)4/h6-7H2,1-5H3. The lowest BCUT2D eigenvalue weighted by atomic mass is 9.85. The van der Waals surface area contributed by atoms with Crippen LogP contribution in [0.3, 0.4) is 0 Å². The third kappa shape index (κ3) is 2.40. The first-order chi connectivity index (χ1) is 7.82. The molecule has 2 amide bonds. The minimum atomic E-state index is -0.824.